The fourth-order valence-corrected chi connectivity index (χ4v) is 3.60. The molecule has 21 heavy (non-hydrogen) atoms. The maximum absolute atomic E-state index is 13.2. The zero-order valence-corrected chi connectivity index (χ0v) is 12.7. The zero-order chi connectivity index (χ0) is 15.0. The Labute approximate surface area is 125 Å². The van der Waals surface area contributed by atoms with Crippen molar-refractivity contribution in [1.82, 2.24) is 4.57 Å². The van der Waals surface area contributed by atoms with Crippen molar-refractivity contribution in [3.05, 3.63) is 46.9 Å². The molecule has 1 aromatic heterocycles. The highest BCUT2D eigenvalue weighted by Crippen LogP contribution is 2.38. The van der Waals surface area contributed by atoms with Gasteiger partial charge in [0, 0.05) is 17.8 Å². The summed E-state index contributed by atoms with van der Waals surface area (Å²) in [4.78, 5) is 0. The van der Waals surface area contributed by atoms with Crippen molar-refractivity contribution in [3.63, 3.8) is 0 Å². The first-order chi connectivity index (χ1) is 10.1. The van der Waals surface area contributed by atoms with Crippen molar-refractivity contribution in [2.75, 3.05) is 0 Å². The molecule has 0 bridgehead atoms. The van der Waals surface area contributed by atoms with E-state index in [1.54, 1.807) is 0 Å². The minimum Gasteiger partial charge on any atom is -0.392 e. The van der Waals surface area contributed by atoms with E-state index in [9.17, 15) is 9.50 Å². The van der Waals surface area contributed by atoms with Crippen molar-refractivity contribution in [1.29, 1.82) is 0 Å². The van der Waals surface area contributed by atoms with Crippen LogP contribution in [0.2, 0.25) is 0 Å². The van der Waals surface area contributed by atoms with E-state index in [0.717, 1.165) is 36.2 Å². The third kappa shape index (κ3) is 2.40. The molecule has 1 N–H and O–H groups in total. The van der Waals surface area contributed by atoms with E-state index in [0.29, 0.717) is 5.92 Å². The van der Waals surface area contributed by atoms with E-state index in [-0.39, 0.29) is 12.4 Å². The summed E-state index contributed by atoms with van der Waals surface area (Å²) in [5.41, 5.74) is 5.75. The monoisotopic (exact) mass is 287 g/mol. The summed E-state index contributed by atoms with van der Waals surface area (Å²) in [6.07, 6.45) is 3.44. The van der Waals surface area contributed by atoms with Crippen molar-refractivity contribution in [3.8, 4) is 11.3 Å². The van der Waals surface area contributed by atoms with Crippen LogP contribution in [0.25, 0.3) is 11.3 Å². The smallest absolute Gasteiger partial charge is 0.123 e. The zero-order valence-electron chi connectivity index (χ0n) is 12.7. The van der Waals surface area contributed by atoms with Crippen molar-refractivity contribution in [2.45, 2.75) is 52.2 Å². The molecule has 2 nitrogen and oxygen atoms in total. The van der Waals surface area contributed by atoms with Crippen LogP contribution in [0.1, 0.15) is 49.4 Å². The highest BCUT2D eigenvalue weighted by molar-refractivity contribution is 5.68. The second-order valence-electron chi connectivity index (χ2n) is 6.12. The van der Waals surface area contributed by atoms with Gasteiger partial charge in [-0.15, -0.1) is 0 Å². The Morgan fingerprint density at radius 3 is 2.52 bits per heavy atom. The van der Waals surface area contributed by atoms with Gasteiger partial charge in [0.1, 0.15) is 5.82 Å². The molecule has 0 saturated heterocycles. The fraction of sp³-hybridized carbons (Fsp3) is 0.444. The summed E-state index contributed by atoms with van der Waals surface area (Å²) in [7, 11) is 0. The molecule has 0 saturated carbocycles. The summed E-state index contributed by atoms with van der Waals surface area (Å²) < 4.78 is 15.5. The van der Waals surface area contributed by atoms with Crippen LogP contribution in [0, 0.1) is 5.82 Å². The molecule has 0 spiro atoms. The van der Waals surface area contributed by atoms with Gasteiger partial charge in [0.15, 0.2) is 0 Å². The van der Waals surface area contributed by atoms with Crippen LogP contribution < -0.4 is 0 Å². The highest BCUT2D eigenvalue weighted by atomic mass is 19.1. The molecule has 1 aliphatic heterocycles. The van der Waals surface area contributed by atoms with Gasteiger partial charge in [-0.3, -0.25) is 0 Å². The molecule has 0 amide bonds. The van der Waals surface area contributed by atoms with E-state index in [1.165, 1.54) is 29.8 Å². The number of aliphatic hydroxyl groups excluding tert-OH is 1. The minimum atomic E-state index is -0.223. The van der Waals surface area contributed by atoms with E-state index in [4.69, 9.17) is 0 Å². The third-order valence-electron chi connectivity index (χ3n) is 4.42. The second-order valence-corrected chi connectivity index (χ2v) is 6.12. The Morgan fingerprint density at radius 2 is 1.90 bits per heavy atom. The first-order valence-electron chi connectivity index (χ1n) is 7.74. The normalized spacial score (nSPS) is 14.5. The van der Waals surface area contributed by atoms with Crippen molar-refractivity contribution >= 4 is 0 Å². The van der Waals surface area contributed by atoms with Gasteiger partial charge >= 0.3 is 0 Å². The SMILES string of the molecule is CC(C)c1c(CO)c(-c2ccc(F)cc2)n2c1CCCC2. The van der Waals surface area contributed by atoms with Gasteiger partial charge in [-0.05, 0) is 60.6 Å². The lowest BCUT2D eigenvalue weighted by Gasteiger charge is -2.20. The number of fused-ring (bicyclic) bond motifs is 1. The lowest BCUT2D eigenvalue weighted by atomic mass is 9.94. The standard InChI is InChI=1S/C18H22FNO/c1-12(2)17-15(11-21)18(13-6-8-14(19)9-7-13)20-10-4-3-5-16(17)20/h6-9,12,21H,3-5,10-11H2,1-2H3. The lowest BCUT2D eigenvalue weighted by molar-refractivity contribution is 0.281. The molecule has 0 fully saturated rings. The minimum absolute atomic E-state index is 0.0419. The number of nitrogens with zero attached hydrogens (tertiary/aromatic N) is 1. The van der Waals surface area contributed by atoms with Gasteiger partial charge in [0.05, 0.1) is 12.3 Å². The van der Waals surface area contributed by atoms with Gasteiger partial charge < -0.3 is 9.67 Å². The Bertz CT molecular complexity index is 640. The predicted molar refractivity (Wildman–Crippen MR) is 82.8 cm³/mol. The summed E-state index contributed by atoms with van der Waals surface area (Å²) in [5, 5.41) is 9.93. The maximum Gasteiger partial charge on any atom is 0.123 e. The Kier molecular flexibility index (Phi) is 3.85. The van der Waals surface area contributed by atoms with Crippen LogP contribution in [-0.4, -0.2) is 9.67 Å². The van der Waals surface area contributed by atoms with E-state index in [2.05, 4.69) is 18.4 Å². The van der Waals surface area contributed by atoms with Crippen molar-refractivity contribution < 1.29 is 9.50 Å². The van der Waals surface area contributed by atoms with Crippen LogP contribution in [0.4, 0.5) is 4.39 Å². The van der Waals surface area contributed by atoms with Gasteiger partial charge in [-0.1, -0.05) is 13.8 Å². The molecule has 112 valence electrons. The van der Waals surface area contributed by atoms with Crippen LogP contribution >= 0.6 is 0 Å². The number of benzene rings is 1. The molecule has 3 heteroatoms. The molecule has 0 unspecified atom stereocenters. The Morgan fingerprint density at radius 1 is 1.19 bits per heavy atom. The molecule has 0 radical (unpaired) electrons. The third-order valence-corrected chi connectivity index (χ3v) is 4.42. The number of halogens is 1. The predicted octanol–water partition coefficient (Wildman–Crippen LogP) is 4.25. The topological polar surface area (TPSA) is 25.2 Å². The van der Waals surface area contributed by atoms with Crippen LogP contribution in [0.3, 0.4) is 0 Å². The largest absolute Gasteiger partial charge is 0.392 e. The van der Waals surface area contributed by atoms with Gasteiger partial charge in [-0.25, -0.2) is 4.39 Å². The van der Waals surface area contributed by atoms with E-state index < -0.39 is 0 Å². The summed E-state index contributed by atoms with van der Waals surface area (Å²) in [6.45, 7) is 5.39. The highest BCUT2D eigenvalue weighted by Gasteiger charge is 2.26. The lowest BCUT2D eigenvalue weighted by Crippen LogP contribution is -2.12. The first kappa shape index (κ1) is 14.3. The van der Waals surface area contributed by atoms with E-state index >= 15 is 0 Å². The maximum atomic E-state index is 13.2. The quantitative estimate of drug-likeness (QED) is 0.897. The fourth-order valence-electron chi connectivity index (χ4n) is 3.60. The van der Waals surface area contributed by atoms with Gasteiger partial charge in [0.2, 0.25) is 0 Å². The number of hydrogen-bond acceptors (Lipinski definition) is 1. The molecular weight excluding hydrogens is 265 g/mol. The molecular formula is C18H22FNO. The average molecular weight is 287 g/mol. The van der Waals surface area contributed by atoms with Gasteiger partial charge in [0.25, 0.3) is 0 Å². The van der Waals surface area contributed by atoms with Crippen molar-refractivity contribution in [2.24, 2.45) is 0 Å². The molecule has 3 rings (SSSR count). The Hall–Kier alpha value is -1.61. The number of hydrogen-bond donors (Lipinski definition) is 1. The summed E-state index contributed by atoms with van der Waals surface area (Å²) in [5.74, 6) is 0.166. The summed E-state index contributed by atoms with van der Waals surface area (Å²) >= 11 is 0. The van der Waals surface area contributed by atoms with Crippen LogP contribution in [0.15, 0.2) is 24.3 Å². The number of rotatable bonds is 3. The Balaban J connectivity index is 2.25. The molecule has 0 atom stereocenters. The van der Waals surface area contributed by atoms with Crippen LogP contribution in [-0.2, 0) is 19.6 Å². The molecule has 2 heterocycles. The van der Waals surface area contributed by atoms with E-state index in [1.807, 2.05) is 12.1 Å². The summed E-state index contributed by atoms with van der Waals surface area (Å²) in [6, 6.07) is 6.62. The molecule has 0 aliphatic carbocycles. The van der Waals surface area contributed by atoms with Gasteiger partial charge in [-0.2, -0.15) is 0 Å². The average Bonchev–Trinajstić information content (AvgIpc) is 2.82. The molecule has 1 aromatic carbocycles. The second kappa shape index (κ2) is 5.64. The first-order valence-corrected chi connectivity index (χ1v) is 7.74. The van der Waals surface area contributed by atoms with Crippen LogP contribution in [0.5, 0.6) is 0 Å². The molecule has 2 aromatic rings. The number of aromatic nitrogens is 1. The molecule has 1 aliphatic rings. The number of aliphatic hydroxyl groups is 1.